The molecule has 1 aromatic carbocycles. The van der Waals surface area contributed by atoms with Gasteiger partial charge in [0.05, 0.1) is 30.7 Å². The molecule has 4 nitrogen and oxygen atoms in total. The molecule has 0 spiro atoms. The van der Waals surface area contributed by atoms with E-state index in [1.165, 1.54) is 20.5 Å². The molecule has 0 saturated heterocycles. The van der Waals surface area contributed by atoms with Gasteiger partial charge in [-0.25, -0.2) is 9.78 Å². The van der Waals surface area contributed by atoms with Gasteiger partial charge in [-0.1, -0.05) is 30.4 Å². The number of carbonyl (C=O) groups excluding carboxylic acids is 1. The number of rotatable bonds is 4. The van der Waals surface area contributed by atoms with Crippen LogP contribution in [-0.2, 0) is 14.3 Å². The van der Waals surface area contributed by atoms with E-state index >= 15 is 0 Å². The molecule has 0 saturated carbocycles. The predicted molar refractivity (Wildman–Crippen MR) is 93.0 cm³/mol. The van der Waals surface area contributed by atoms with Crippen molar-refractivity contribution in [2.24, 2.45) is 0 Å². The molecule has 1 aliphatic rings. The van der Waals surface area contributed by atoms with Crippen LogP contribution in [0, 0.1) is 0 Å². The third-order valence-corrected chi connectivity index (χ3v) is 4.66. The van der Waals surface area contributed by atoms with Gasteiger partial charge in [-0.2, -0.15) is 0 Å². The van der Waals surface area contributed by atoms with Crippen molar-refractivity contribution in [3.8, 4) is 0 Å². The van der Waals surface area contributed by atoms with Crippen molar-refractivity contribution in [1.29, 1.82) is 0 Å². The lowest BCUT2D eigenvalue weighted by atomic mass is 10.1. The number of hydrogen-bond donors (Lipinski definition) is 0. The molecule has 5 heteroatoms. The summed E-state index contributed by atoms with van der Waals surface area (Å²) in [6, 6.07) is 5.78. The van der Waals surface area contributed by atoms with Gasteiger partial charge in [-0.3, -0.25) is 0 Å². The molecule has 0 radical (unpaired) electrons. The lowest BCUT2D eigenvalue weighted by Crippen LogP contribution is -2.05. The number of methoxy groups -OCH3 is 2. The van der Waals surface area contributed by atoms with Crippen molar-refractivity contribution >= 4 is 38.7 Å². The summed E-state index contributed by atoms with van der Waals surface area (Å²) in [7, 11) is 2.86. The topological polar surface area (TPSA) is 48.4 Å². The molecule has 0 aliphatic heterocycles. The number of hydrogen-bond acceptors (Lipinski definition) is 5. The first-order chi connectivity index (χ1) is 11.2. The van der Waals surface area contributed by atoms with Crippen LogP contribution in [0.25, 0.3) is 21.4 Å². The maximum atomic E-state index is 12.0. The molecule has 3 rings (SSSR count). The fourth-order valence-corrected chi connectivity index (χ4v) is 3.52. The smallest absolute Gasteiger partial charge is 0.341 e. The summed E-state index contributed by atoms with van der Waals surface area (Å²) in [6.45, 7) is 0. The van der Waals surface area contributed by atoms with E-state index in [0.29, 0.717) is 5.57 Å². The normalized spacial score (nSPS) is 14.7. The second-order valence-electron chi connectivity index (χ2n) is 5.07. The fourth-order valence-electron chi connectivity index (χ4n) is 2.51. The molecule has 0 amide bonds. The first-order valence-electron chi connectivity index (χ1n) is 7.33. The van der Waals surface area contributed by atoms with Crippen LogP contribution >= 0.6 is 11.3 Å². The van der Waals surface area contributed by atoms with Crippen molar-refractivity contribution in [2.75, 3.05) is 14.2 Å². The van der Waals surface area contributed by atoms with E-state index < -0.39 is 5.97 Å². The molecular weight excluding hydrogens is 310 g/mol. The van der Waals surface area contributed by atoms with E-state index in [0.717, 1.165) is 39.2 Å². The van der Waals surface area contributed by atoms with E-state index in [-0.39, 0.29) is 0 Å². The minimum absolute atomic E-state index is 0.366. The number of benzene rings is 1. The van der Waals surface area contributed by atoms with Gasteiger partial charge in [0.1, 0.15) is 10.6 Å². The van der Waals surface area contributed by atoms with Crippen LogP contribution < -0.4 is 0 Å². The summed E-state index contributed by atoms with van der Waals surface area (Å²) < 4.78 is 10.9. The quantitative estimate of drug-likeness (QED) is 0.480. The maximum Gasteiger partial charge on any atom is 0.341 e. The average molecular weight is 327 g/mol. The highest BCUT2D eigenvalue weighted by atomic mass is 32.1. The van der Waals surface area contributed by atoms with Gasteiger partial charge in [-0.15, -0.1) is 11.3 Å². The summed E-state index contributed by atoms with van der Waals surface area (Å²) in [5.74, 6) is -0.439. The fraction of sp³-hybridized carbons (Fsp3) is 0.222. The number of aromatic nitrogens is 1. The minimum Gasteiger partial charge on any atom is -0.503 e. The van der Waals surface area contributed by atoms with Crippen LogP contribution in [-0.4, -0.2) is 25.2 Å². The largest absolute Gasteiger partial charge is 0.503 e. The van der Waals surface area contributed by atoms with Gasteiger partial charge in [0.15, 0.2) is 0 Å². The minimum atomic E-state index is -0.439. The third-order valence-electron chi connectivity index (χ3n) is 3.59. The Labute approximate surface area is 138 Å². The van der Waals surface area contributed by atoms with E-state index in [9.17, 15) is 4.79 Å². The number of esters is 1. The second kappa shape index (κ2) is 6.79. The zero-order valence-corrected chi connectivity index (χ0v) is 13.9. The Morgan fingerprint density at radius 1 is 1.30 bits per heavy atom. The Kier molecular flexibility index (Phi) is 4.57. The summed E-state index contributed by atoms with van der Waals surface area (Å²) >= 11 is 1.62. The van der Waals surface area contributed by atoms with Crippen molar-refractivity contribution in [2.45, 2.75) is 12.8 Å². The molecule has 118 valence electrons. The SMILES string of the molecule is CO/C=C(/C(=O)OC)c1cccc2sc(C3=CCCC=C3)nc12. The molecule has 0 atom stereocenters. The van der Waals surface area contributed by atoms with Crippen LogP contribution in [0.3, 0.4) is 0 Å². The molecule has 0 N–H and O–H groups in total. The third kappa shape index (κ3) is 3.05. The number of carbonyl (C=O) groups is 1. The van der Waals surface area contributed by atoms with Gasteiger partial charge in [0, 0.05) is 11.1 Å². The van der Waals surface area contributed by atoms with Gasteiger partial charge < -0.3 is 9.47 Å². The Morgan fingerprint density at radius 3 is 2.87 bits per heavy atom. The van der Waals surface area contributed by atoms with Crippen molar-refractivity contribution in [3.05, 3.63) is 53.3 Å². The van der Waals surface area contributed by atoms with Gasteiger partial charge in [-0.05, 0) is 18.9 Å². The Bertz CT molecular complexity index is 830. The van der Waals surface area contributed by atoms with Gasteiger partial charge in [0.25, 0.3) is 0 Å². The van der Waals surface area contributed by atoms with E-state index in [4.69, 9.17) is 14.5 Å². The van der Waals surface area contributed by atoms with Crippen molar-refractivity contribution in [1.82, 2.24) is 4.98 Å². The van der Waals surface area contributed by atoms with Gasteiger partial charge in [0.2, 0.25) is 0 Å². The van der Waals surface area contributed by atoms with Crippen LogP contribution in [0.5, 0.6) is 0 Å². The zero-order valence-electron chi connectivity index (χ0n) is 13.0. The number of nitrogens with zero attached hydrogens (tertiary/aromatic N) is 1. The standard InChI is InChI=1S/C18H17NO3S/c1-21-11-14(18(20)22-2)13-9-6-10-15-16(13)19-17(23-15)12-7-4-3-5-8-12/h4,6-11H,3,5H2,1-2H3/b14-11+. The first kappa shape index (κ1) is 15.5. The predicted octanol–water partition coefficient (Wildman–Crippen LogP) is 4.19. The molecule has 1 aliphatic carbocycles. The van der Waals surface area contributed by atoms with Crippen LogP contribution in [0.15, 0.2) is 42.7 Å². The number of fused-ring (bicyclic) bond motifs is 1. The summed E-state index contributed by atoms with van der Waals surface area (Å²) in [6.07, 6.45) is 9.97. The highest BCUT2D eigenvalue weighted by Crippen LogP contribution is 2.33. The second-order valence-corrected chi connectivity index (χ2v) is 6.10. The first-order valence-corrected chi connectivity index (χ1v) is 8.14. The highest BCUT2D eigenvalue weighted by Gasteiger charge is 2.19. The molecule has 23 heavy (non-hydrogen) atoms. The molecular formula is C18H17NO3S. The lowest BCUT2D eigenvalue weighted by molar-refractivity contribution is -0.133. The Hall–Kier alpha value is -2.40. The summed E-state index contributed by atoms with van der Waals surface area (Å²) in [5, 5.41) is 0.963. The average Bonchev–Trinajstić information content (AvgIpc) is 3.04. The van der Waals surface area contributed by atoms with Crippen LogP contribution in [0.4, 0.5) is 0 Å². The number of allylic oxidation sites excluding steroid dienone is 4. The zero-order chi connectivity index (χ0) is 16.2. The van der Waals surface area contributed by atoms with Gasteiger partial charge >= 0.3 is 5.97 Å². The Balaban J connectivity index is 2.13. The molecule has 2 aromatic rings. The molecule has 0 fully saturated rings. The van der Waals surface area contributed by atoms with Crippen LogP contribution in [0.2, 0.25) is 0 Å². The number of ether oxygens (including phenoxy) is 2. The van der Waals surface area contributed by atoms with E-state index in [1.54, 1.807) is 11.3 Å². The van der Waals surface area contributed by atoms with E-state index in [1.807, 2.05) is 18.2 Å². The lowest BCUT2D eigenvalue weighted by Gasteiger charge is -2.06. The van der Waals surface area contributed by atoms with Crippen molar-refractivity contribution < 1.29 is 14.3 Å². The Morgan fingerprint density at radius 2 is 2.17 bits per heavy atom. The maximum absolute atomic E-state index is 12.0. The van der Waals surface area contributed by atoms with E-state index in [2.05, 4.69) is 18.2 Å². The molecule has 1 aromatic heterocycles. The molecule has 0 bridgehead atoms. The number of thiazole rings is 1. The van der Waals surface area contributed by atoms with Crippen LogP contribution in [0.1, 0.15) is 23.4 Å². The summed E-state index contributed by atoms with van der Waals surface area (Å²) in [5.41, 5.74) is 3.02. The molecule has 1 heterocycles. The molecule has 0 unspecified atom stereocenters. The monoisotopic (exact) mass is 327 g/mol. The van der Waals surface area contributed by atoms with Crippen molar-refractivity contribution in [3.63, 3.8) is 0 Å². The summed E-state index contributed by atoms with van der Waals surface area (Å²) in [4.78, 5) is 16.8. The number of para-hydroxylation sites is 1. The highest BCUT2D eigenvalue weighted by molar-refractivity contribution is 7.19.